The quantitative estimate of drug-likeness (QED) is 0.690. The van der Waals surface area contributed by atoms with Crippen LogP contribution in [0.15, 0.2) is 66.7 Å². The van der Waals surface area contributed by atoms with Gasteiger partial charge in [0.2, 0.25) is 11.8 Å². The predicted molar refractivity (Wildman–Crippen MR) is 116 cm³/mol. The fraction of sp³-hybridized carbons (Fsp3) is 0.208. The zero-order valence-corrected chi connectivity index (χ0v) is 17.0. The van der Waals surface area contributed by atoms with Crippen molar-refractivity contribution in [1.29, 1.82) is 0 Å². The minimum atomic E-state index is -0.668. The summed E-state index contributed by atoms with van der Waals surface area (Å²) in [6.45, 7) is 1.86. The van der Waals surface area contributed by atoms with Crippen LogP contribution in [-0.2, 0) is 16.1 Å². The minimum Gasteiger partial charge on any atom is -0.357 e. The maximum absolute atomic E-state index is 13.3. The second kappa shape index (κ2) is 7.99. The van der Waals surface area contributed by atoms with E-state index in [-0.39, 0.29) is 30.8 Å². The number of hydrogen-bond donors (Lipinski definition) is 1. The van der Waals surface area contributed by atoms with E-state index < -0.39 is 6.04 Å². The summed E-state index contributed by atoms with van der Waals surface area (Å²) in [6, 6.07) is 20.1. The molecule has 6 heteroatoms. The Morgan fingerprint density at radius 3 is 2.40 bits per heavy atom. The van der Waals surface area contributed by atoms with Crippen molar-refractivity contribution in [3.05, 3.63) is 77.9 Å². The summed E-state index contributed by atoms with van der Waals surface area (Å²) in [7, 11) is 1.55. The number of likely N-dealkylation sites (N-methyl/N-ethyl adjacent to an activating group) is 1. The summed E-state index contributed by atoms with van der Waals surface area (Å²) in [5.74, 6) is -0.729. The van der Waals surface area contributed by atoms with Gasteiger partial charge in [-0.25, -0.2) is 0 Å². The summed E-state index contributed by atoms with van der Waals surface area (Å²) in [5, 5.41) is 4.44. The van der Waals surface area contributed by atoms with Crippen LogP contribution in [-0.4, -0.2) is 42.3 Å². The molecule has 1 N–H and O–H groups in total. The molecule has 1 heterocycles. The van der Waals surface area contributed by atoms with E-state index in [9.17, 15) is 14.4 Å². The Morgan fingerprint density at radius 2 is 1.70 bits per heavy atom. The molecular weight excluding hydrogens is 378 g/mol. The van der Waals surface area contributed by atoms with Crippen molar-refractivity contribution in [2.24, 2.45) is 0 Å². The minimum absolute atomic E-state index is 0.124. The molecule has 30 heavy (non-hydrogen) atoms. The highest BCUT2D eigenvalue weighted by Crippen LogP contribution is 2.37. The van der Waals surface area contributed by atoms with E-state index in [1.165, 1.54) is 9.80 Å². The average Bonchev–Trinajstić information content (AvgIpc) is 3.05. The lowest BCUT2D eigenvalue weighted by Gasteiger charge is -2.30. The van der Waals surface area contributed by atoms with Gasteiger partial charge in [-0.15, -0.1) is 0 Å². The first-order valence-corrected chi connectivity index (χ1v) is 9.90. The van der Waals surface area contributed by atoms with E-state index in [2.05, 4.69) is 5.32 Å². The zero-order valence-electron chi connectivity index (χ0n) is 17.0. The number of carbonyl (C=O) groups is 3. The van der Waals surface area contributed by atoms with Gasteiger partial charge in [0.15, 0.2) is 0 Å². The highest BCUT2D eigenvalue weighted by Gasteiger charge is 2.34. The third kappa shape index (κ3) is 3.41. The first-order chi connectivity index (χ1) is 14.5. The fourth-order valence-corrected chi connectivity index (χ4v) is 3.93. The molecule has 1 aliphatic heterocycles. The molecule has 0 aromatic heterocycles. The van der Waals surface area contributed by atoms with E-state index >= 15 is 0 Å². The van der Waals surface area contributed by atoms with Crippen LogP contribution in [0.1, 0.15) is 22.8 Å². The summed E-state index contributed by atoms with van der Waals surface area (Å²) in [6.07, 6.45) is 0. The third-order valence-electron chi connectivity index (χ3n) is 5.55. The van der Waals surface area contributed by atoms with Crippen LogP contribution in [0.25, 0.3) is 10.8 Å². The van der Waals surface area contributed by atoms with E-state index in [4.69, 9.17) is 0 Å². The first kappa shape index (κ1) is 19.6. The van der Waals surface area contributed by atoms with Crippen LogP contribution < -0.4 is 10.2 Å². The van der Waals surface area contributed by atoms with Crippen LogP contribution in [0.4, 0.5) is 5.69 Å². The molecule has 0 spiro atoms. The zero-order chi connectivity index (χ0) is 21.3. The maximum atomic E-state index is 13.3. The molecule has 0 aliphatic carbocycles. The second-order valence-electron chi connectivity index (χ2n) is 7.37. The molecule has 3 aromatic carbocycles. The van der Waals surface area contributed by atoms with Crippen molar-refractivity contribution < 1.29 is 14.4 Å². The summed E-state index contributed by atoms with van der Waals surface area (Å²) in [5.41, 5.74) is 2.25. The molecule has 3 amide bonds. The highest BCUT2D eigenvalue weighted by atomic mass is 16.2. The molecule has 3 aromatic rings. The number of nitrogens with zero attached hydrogens (tertiary/aromatic N) is 2. The van der Waals surface area contributed by atoms with Gasteiger partial charge in [0, 0.05) is 24.5 Å². The van der Waals surface area contributed by atoms with Crippen LogP contribution in [0.5, 0.6) is 0 Å². The number of carbonyl (C=O) groups excluding carboxylic acids is 3. The van der Waals surface area contributed by atoms with Gasteiger partial charge in [-0.2, -0.15) is 0 Å². The Bertz CT molecular complexity index is 1120. The Labute approximate surface area is 175 Å². The number of rotatable bonds is 6. The molecule has 0 unspecified atom stereocenters. The lowest BCUT2D eigenvalue weighted by molar-refractivity contribution is -0.139. The van der Waals surface area contributed by atoms with Gasteiger partial charge in [-0.3, -0.25) is 19.3 Å². The van der Waals surface area contributed by atoms with Crippen molar-refractivity contribution in [1.82, 2.24) is 10.2 Å². The van der Waals surface area contributed by atoms with Gasteiger partial charge < -0.3 is 10.2 Å². The summed E-state index contributed by atoms with van der Waals surface area (Å²) in [4.78, 5) is 41.7. The van der Waals surface area contributed by atoms with Crippen LogP contribution in [0, 0.1) is 0 Å². The maximum Gasteiger partial charge on any atom is 0.259 e. The molecule has 6 nitrogen and oxygen atoms in total. The van der Waals surface area contributed by atoms with E-state index in [0.29, 0.717) is 5.56 Å². The summed E-state index contributed by atoms with van der Waals surface area (Å²) >= 11 is 0. The lowest BCUT2D eigenvalue weighted by Crippen LogP contribution is -2.50. The first-order valence-electron chi connectivity index (χ1n) is 9.90. The standard InChI is InChI=1S/C24H23N3O3/c1-16(23(29)25-2)26(14-17-8-4-3-5-9-17)21(28)15-27-20-13-7-11-18-10-6-12-19(22(18)20)24(27)30/h3-13,16H,14-15H2,1-2H3,(H,25,29)/t16-/m0/s1. The smallest absolute Gasteiger partial charge is 0.259 e. The number of nitrogens with one attached hydrogen (secondary N) is 1. The van der Waals surface area contributed by atoms with Gasteiger partial charge in [-0.1, -0.05) is 54.6 Å². The number of hydrogen-bond acceptors (Lipinski definition) is 3. The highest BCUT2D eigenvalue weighted by molar-refractivity contribution is 6.26. The van der Waals surface area contributed by atoms with E-state index in [0.717, 1.165) is 22.0 Å². The van der Waals surface area contributed by atoms with Crippen LogP contribution in [0.3, 0.4) is 0 Å². The number of amides is 3. The van der Waals surface area contributed by atoms with E-state index in [1.807, 2.05) is 60.7 Å². The number of benzene rings is 3. The Morgan fingerprint density at radius 1 is 1.00 bits per heavy atom. The molecule has 1 aliphatic rings. The molecule has 0 bridgehead atoms. The molecule has 1 atom stereocenters. The normalized spacial score (nSPS) is 13.4. The average molecular weight is 401 g/mol. The van der Waals surface area contributed by atoms with Gasteiger partial charge in [0.25, 0.3) is 5.91 Å². The molecule has 0 radical (unpaired) electrons. The van der Waals surface area contributed by atoms with E-state index in [1.54, 1.807) is 20.0 Å². The lowest BCUT2D eigenvalue weighted by atomic mass is 10.1. The Hall–Kier alpha value is -3.67. The molecule has 0 saturated carbocycles. The van der Waals surface area contributed by atoms with Crippen molar-refractivity contribution in [2.75, 3.05) is 18.5 Å². The SMILES string of the molecule is CNC(=O)[C@H](C)N(Cc1ccccc1)C(=O)CN1C(=O)c2cccc3cccc1c23. The van der Waals surface area contributed by atoms with Gasteiger partial charge in [0.05, 0.1) is 5.69 Å². The Kier molecular flexibility index (Phi) is 5.23. The predicted octanol–water partition coefficient (Wildman–Crippen LogP) is 2.96. The molecule has 0 saturated heterocycles. The topological polar surface area (TPSA) is 69.7 Å². The fourth-order valence-electron chi connectivity index (χ4n) is 3.93. The van der Waals surface area contributed by atoms with Gasteiger partial charge >= 0.3 is 0 Å². The van der Waals surface area contributed by atoms with Crippen molar-refractivity contribution in [3.63, 3.8) is 0 Å². The largest absolute Gasteiger partial charge is 0.357 e. The third-order valence-corrected chi connectivity index (χ3v) is 5.55. The van der Waals surface area contributed by atoms with Gasteiger partial charge in [-0.05, 0) is 30.0 Å². The number of anilines is 1. The van der Waals surface area contributed by atoms with Crippen molar-refractivity contribution >= 4 is 34.2 Å². The molecule has 4 rings (SSSR count). The molecule has 152 valence electrons. The monoisotopic (exact) mass is 401 g/mol. The Balaban J connectivity index is 1.64. The van der Waals surface area contributed by atoms with Crippen molar-refractivity contribution in [2.45, 2.75) is 19.5 Å². The van der Waals surface area contributed by atoms with Gasteiger partial charge in [0.1, 0.15) is 12.6 Å². The summed E-state index contributed by atoms with van der Waals surface area (Å²) < 4.78 is 0. The second-order valence-corrected chi connectivity index (χ2v) is 7.37. The van der Waals surface area contributed by atoms with Crippen molar-refractivity contribution in [3.8, 4) is 0 Å². The van der Waals surface area contributed by atoms with Crippen LogP contribution >= 0.6 is 0 Å². The molecule has 0 fully saturated rings. The van der Waals surface area contributed by atoms with Crippen LogP contribution in [0.2, 0.25) is 0 Å². The molecular formula is C24H23N3O3.